The van der Waals surface area contributed by atoms with Crippen LogP contribution in [0.3, 0.4) is 0 Å². The van der Waals surface area contributed by atoms with Gasteiger partial charge < -0.3 is 15.2 Å². The van der Waals surface area contributed by atoms with Crippen LogP contribution in [0.1, 0.15) is 19.4 Å². The molecule has 2 N–H and O–H groups in total. The number of nitrogens with two attached hydrogens (primary N) is 1. The van der Waals surface area contributed by atoms with Crippen molar-refractivity contribution < 1.29 is 14.3 Å². The molecule has 0 amide bonds. The largest absolute Gasteiger partial charge is 0.494 e. The Morgan fingerprint density at radius 1 is 1.28 bits per heavy atom. The standard InChI is InChI=1S/C14H21NO3/c1-3-17-13-8-6-5-7-11(13)9-12(10-15)14(16)18-4-2/h5-8,12H,3-4,9-10,15H2,1-2H3. The molecule has 0 bridgehead atoms. The first-order chi connectivity index (χ1) is 8.72. The van der Waals surface area contributed by atoms with Gasteiger partial charge in [0.15, 0.2) is 0 Å². The van der Waals surface area contributed by atoms with E-state index in [2.05, 4.69) is 0 Å². The fraction of sp³-hybridized carbons (Fsp3) is 0.500. The van der Waals surface area contributed by atoms with Gasteiger partial charge in [-0.05, 0) is 31.9 Å². The van der Waals surface area contributed by atoms with Crippen molar-refractivity contribution in [3.05, 3.63) is 29.8 Å². The SMILES string of the molecule is CCOC(=O)C(CN)Cc1ccccc1OCC. The normalized spacial score (nSPS) is 11.9. The Bertz CT molecular complexity index is 379. The van der Waals surface area contributed by atoms with Gasteiger partial charge in [0.2, 0.25) is 0 Å². The number of hydrogen-bond acceptors (Lipinski definition) is 4. The molecular weight excluding hydrogens is 230 g/mol. The molecule has 1 atom stereocenters. The molecule has 1 aromatic carbocycles. The number of benzene rings is 1. The zero-order chi connectivity index (χ0) is 13.4. The van der Waals surface area contributed by atoms with Gasteiger partial charge in [0.1, 0.15) is 5.75 Å². The van der Waals surface area contributed by atoms with E-state index < -0.39 is 0 Å². The van der Waals surface area contributed by atoms with Gasteiger partial charge in [0.05, 0.1) is 19.1 Å². The summed E-state index contributed by atoms with van der Waals surface area (Å²) in [4.78, 5) is 11.7. The first-order valence-corrected chi connectivity index (χ1v) is 6.30. The van der Waals surface area contributed by atoms with E-state index in [1.165, 1.54) is 0 Å². The second kappa shape index (κ2) is 7.71. The first-order valence-electron chi connectivity index (χ1n) is 6.30. The Kier molecular flexibility index (Phi) is 6.22. The molecule has 0 aromatic heterocycles. The Morgan fingerprint density at radius 3 is 2.61 bits per heavy atom. The van der Waals surface area contributed by atoms with Crippen LogP contribution in [0.2, 0.25) is 0 Å². The lowest BCUT2D eigenvalue weighted by atomic mass is 9.99. The Labute approximate surface area is 108 Å². The summed E-state index contributed by atoms with van der Waals surface area (Å²) < 4.78 is 10.5. The van der Waals surface area contributed by atoms with Crippen molar-refractivity contribution in [2.75, 3.05) is 19.8 Å². The summed E-state index contributed by atoms with van der Waals surface area (Å²) in [5.41, 5.74) is 6.62. The maximum atomic E-state index is 11.7. The van der Waals surface area contributed by atoms with Crippen LogP contribution in [0.15, 0.2) is 24.3 Å². The average molecular weight is 251 g/mol. The summed E-state index contributed by atoms with van der Waals surface area (Å²) in [6.45, 7) is 4.98. The fourth-order valence-electron chi connectivity index (χ4n) is 1.76. The Morgan fingerprint density at radius 2 is 2.00 bits per heavy atom. The highest BCUT2D eigenvalue weighted by Crippen LogP contribution is 2.21. The maximum Gasteiger partial charge on any atom is 0.310 e. The zero-order valence-corrected chi connectivity index (χ0v) is 11.0. The van der Waals surface area contributed by atoms with Crippen molar-refractivity contribution in [2.45, 2.75) is 20.3 Å². The molecule has 0 saturated heterocycles. The van der Waals surface area contributed by atoms with E-state index in [0.717, 1.165) is 11.3 Å². The number of ether oxygens (including phenoxy) is 2. The Hall–Kier alpha value is -1.55. The van der Waals surface area contributed by atoms with Crippen molar-refractivity contribution in [2.24, 2.45) is 11.7 Å². The van der Waals surface area contributed by atoms with Crippen LogP contribution in [-0.2, 0) is 16.0 Å². The van der Waals surface area contributed by atoms with Crippen LogP contribution in [0.5, 0.6) is 5.75 Å². The van der Waals surface area contributed by atoms with E-state index in [1.807, 2.05) is 31.2 Å². The molecule has 0 aliphatic carbocycles. The highest BCUT2D eigenvalue weighted by atomic mass is 16.5. The van der Waals surface area contributed by atoms with Gasteiger partial charge in [-0.1, -0.05) is 18.2 Å². The van der Waals surface area contributed by atoms with Crippen LogP contribution in [0, 0.1) is 5.92 Å². The molecule has 0 fully saturated rings. The van der Waals surface area contributed by atoms with Crippen molar-refractivity contribution in [3.63, 3.8) is 0 Å². The lowest BCUT2D eigenvalue weighted by Gasteiger charge is -2.15. The van der Waals surface area contributed by atoms with Crippen LogP contribution < -0.4 is 10.5 Å². The molecule has 0 radical (unpaired) electrons. The third kappa shape index (κ3) is 4.04. The molecular formula is C14H21NO3. The van der Waals surface area contributed by atoms with Crippen molar-refractivity contribution in [1.82, 2.24) is 0 Å². The highest BCUT2D eigenvalue weighted by molar-refractivity contribution is 5.73. The van der Waals surface area contributed by atoms with Gasteiger partial charge in [-0.3, -0.25) is 4.79 Å². The summed E-state index contributed by atoms with van der Waals surface area (Å²) in [7, 11) is 0. The second-order valence-electron chi connectivity index (χ2n) is 3.93. The zero-order valence-electron chi connectivity index (χ0n) is 11.0. The lowest BCUT2D eigenvalue weighted by molar-refractivity contribution is -0.147. The summed E-state index contributed by atoms with van der Waals surface area (Å²) >= 11 is 0. The quantitative estimate of drug-likeness (QED) is 0.750. The molecule has 1 aromatic rings. The fourth-order valence-corrected chi connectivity index (χ4v) is 1.76. The van der Waals surface area contributed by atoms with E-state index in [-0.39, 0.29) is 18.4 Å². The molecule has 0 saturated carbocycles. The monoisotopic (exact) mass is 251 g/mol. The van der Waals surface area contributed by atoms with E-state index in [9.17, 15) is 4.79 Å². The predicted molar refractivity (Wildman–Crippen MR) is 70.5 cm³/mol. The van der Waals surface area contributed by atoms with Crippen LogP contribution in [0.4, 0.5) is 0 Å². The van der Waals surface area contributed by atoms with Gasteiger partial charge >= 0.3 is 5.97 Å². The second-order valence-corrected chi connectivity index (χ2v) is 3.93. The predicted octanol–water partition coefficient (Wildman–Crippen LogP) is 1.77. The Balaban J connectivity index is 2.77. The van der Waals surface area contributed by atoms with E-state index >= 15 is 0 Å². The molecule has 0 heterocycles. The van der Waals surface area contributed by atoms with Gasteiger partial charge in [-0.25, -0.2) is 0 Å². The molecule has 4 nitrogen and oxygen atoms in total. The minimum Gasteiger partial charge on any atom is -0.494 e. The third-order valence-corrected chi connectivity index (χ3v) is 2.64. The summed E-state index contributed by atoms with van der Waals surface area (Å²) in [6.07, 6.45) is 0.547. The van der Waals surface area contributed by atoms with Crippen LogP contribution in [-0.4, -0.2) is 25.7 Å². The first kappa shape index (κ1) is 14.5. The molecule has 18 heavy (non-hydrogen) atoms. The molecule has 0 spiro atoms. The minimum atomic E-state index is -0.313. The smallest absolute Gasteiger partial charge is 0.310 e. The number of carbonyl (C=O) groups is 1. The van der Waals surface area contributed by atoms with Crippen molar-refractivity contribution in [3.8, 4) is 5.75 Å². The number of para-hydroxylation sites is 1. The molecule has 0 aliphatic rings. The molecule has 1 rings (SSSR count). The van der Waals surface area contributed by atoms with E-state index in [1.54, 1.807) is 6.92 Å². The lowest BCUT2D eigenvalue weighted by Crippen LogP contribution is -2.27. The van der Waals surface area contributed by atoms with E-state index in [0.29, 0.717) is 19.6 Å². The average Bonchev–Trinajstić information content (AvgIpc) is 2.38. The van der Waals surface area contributed by atoms with Crippen LogP contribution in [0.25, 0.3) is 0 Å². The minimum absolute atomic E-state index is 0.244. The molecule has 0 aliphatic heterocycles. The highest BCUT2D eigenvalue weighted by Gasteiger charge is 2.20. The van der Waals surface area contributed by atoms with Crippen LogP contribution >= 0.6 is 0 Å². The maximum absolute atomic E-state index is 11.7. The summed E-state index contributed by atoms with van der Waals surface area (Å²) in [6, 6.07) is 7.69. The molecule has 1 unspecified atom stereocenters. The molecule has 4 heteroatoms. The van der Waals surface area contributed by atoms with Gasteiger partial charge in [-0.2, -0.15) is 0 Å². The number of hydrogen-bond donors (Lipinski definition) is 1. The third-order valence-electron chi connectivity index (χ3n) is 2.64. The summed E-state index contributed by atoms with van der Waals surface area (Å²) in [5, 5.41) is 0. The van der Waals surface area contributed by atoms with Crippen molar-refractivity contribution in [1.29, 1.82) is 0 Å². The topological polar surface area (TPSA) is 61.5 Å². The number of carbonyl (C=O) groups excluding carboxylic acids is 1. The van der Waals surface area contributed by atoms with Crippen molar-refractivity contribution >= 4 is 5.97 Å². The van der Waals surface area contributed by atoms with Gasteiger partial charge in [-0.15, -0.1) is 0 Å². The van der Waals surface area contributed by atoms with Gasteiger partial charge in [0, 0.05) is 6.54 Å². The van der Waals surface area contributed by atoms with E-state index in [4.69, 9.17) is 15.2 Å². The molecule has 100 valence electrons. The van der Waals surface area contributed by atoms with Gasteiger partial charge in [0.25, 0.3) is 0 Å². The number of esters is 1. The summed E-state index contributed by atoms with van der Waals surface area (Å²) in [5.74, 6) is 0.251. The number of rotatable bonds is 7.